The summed E-state index contributed by atoms with van der Waals surface area (Å²) in [6.45, 7) is 1.88. The molecule has 2 atom stereocenters. The molecule has 1 aromatic heterocycles. The van der Waals surface area contributed by atoms with Gasteiger partial charge < -0.3 is 28.8 Å². The summed E-state index contributed by atoms with van der Waals surface area (Å²) in [5, 5.41) is 7.57. The minimum Gasteiger partial charge on any atom is -0.497 e. The van der Waals surface area contributed by atoms with Gasteiger partial charge in [0.15, 0.2) is 17.3 Å². The highest BCUT2D eigenvalue weighted by atomic mass is 16.5. The number of rotatable bonds is 6. The molecule has 1 N–H and O–H groups in total. The smallest absolute Gasteiger partial charge is 0.233 e. The van der Waals surface area contributed by atoms with Crippen LogP contribution in [0.25, 0.3) is 0 Å². The van der Waals surface area contributed by atoms with Gasteiger partial charge in [-0.3, -0.25) is 4.79 Å². The lowest BCUT2D eigenvalue weighted by Gasteiger charge is -2.35. The summed E-state index contributed by atoms with van der Waals surface area (Å²) in [4.78, 5) is 13.8. The zero-order chi connectivity index (χ0) is 24.7. The van der Waals surface area contributed by atoms with Gasteiger partial charge in [-0.05, 0) is 43.0 Å². The number of aromatic nitrogens is 1. The summed E-state index contributed by atoms with van der Waals surface area (Å²) in [6.07, 6.45) is 1.07. The molecule has 2 aromatic carbocycles. The first kappa shape index (κ1) is 22.8. The third-order valence-corrected chi connectivity index (χ3v) is 6.89. The van der Waals surface area contributed by atoms with Crippen LogP contribution >= 0.6 is 0 Å². The monoisotopic (exact) mass is 476 g/mol. The fourth-order valence-corrected chi connectivity index (χ4v) is 5.25. The Labute approximate surface area is 203 Å². The molecule has 0 fully saturated rings. The fourth-order valence-electron chi connectivity index (χ4n) is 5.25. The predicted octanol–water partition coefficient (Wildman–Crippen LogP) is 4.98. The molecular weight excluding hydrogens is 448 g/mol. The Balaban J connectivity index is 1.64. The molecule has 0 saturated heterocycles. The van der Waals surface area contributed by atoms with Gasteiger partial charge in [0, 0.05) is 23.3 Å². The predicted molar refractivity (Wildman–Crippen MR) is 130 cm³/mol. The van der Waals surface area contributed by atoms with Crippen LogP contribution in [-0.4, -0.2) is 39.4 Å². The summed E-state index contributed by atoms with van der Waals surface area (Å²) in [5.74, 6) is 2.58. The number of fused-ring (bicyclic) bond motifs is 1. The van der Waals surface area contributed by atoms with Crippen LogP contribution in [0.15, 0.2) is 52.2 Å². The van der Waals surface area contributed by atoms with Crippen LogP contribution in [0, 0.1) is 6.92 Å². The third kappa shape index (κ3) is 3.69. The molecule has 35 heavy (non-hydrogen) atoms. The SMILES string of the molecule is COc1ccc([C@@H]2CC(=O)C3=C(C2)Nc2onc(C)c2[C@H]3c2ccc(OC)c(OC)c2OC)cc1. The minimum atomic E-state index is -0.411. The molecule has 5 rings (SSSR count). The maximum Gasteiger partial charge on any atom is 0.233 e. The van der Waals surface area contributed by atoms with Gasteiger partial charge in [-0.2, -0.15) is 0 Å². The first-order chi connectivity index (χ1) is 17.0. The van der Waals surface area contributed by atoms with E-state index >= 15 is 0 Å². The first-order valence-corrected chi connectivity index (χ1v) is 11.4. The van der Waals surface area contributed by atoms with E-state index < -0.39 is 5.92 Å². The number of ether oxygens (including phenoxy) is 4. The maximum absolute atomic E-state index is 13.8. The topological polar surface area (TPSA) is 92.1 Å². The lowest BCUT2D eigenvalue weighted by atomic mass is 9.72. The highest BCUT2D eigenvalue weighted by molar-refractivity contribution is 6.02. The standard InChI is InChI=1S/C27H28N2O6/c1-14-22-23(18-10-11-21(32-3)26(34-5)25(18)33-4)24-19(28-27(22)35-29-14)12-16(13-20(24)30)15-6-8-17(31-2)9-7-15/h6-11,16,23,28H,12-13H2,1-5H3/t16-,23+/m0/s1. The molecule has 0 amide bonds. The molecule has 0 saturated carbocycles. The fraction of sp³-hybridized carbons (Fsp3) is 0.333. The number of Topliss-reactive ketones (excluding diaryl/α,β-unsaturated/α-hetero) is 1. The number of methoxy groups -OCH3 is 4. The van der Waals surface area contributed by atoms with E-state index in [4.69, 9.17) is 23.5 Å². The Bertz CT molecular complexity index is 1310. The lowest BCUT2D eigenvalue weighted by Crippen LogP contribution is -2.29. The molecule has 2 heterocycles. The molecule has 1 aliphatic heterocycles. The summed E-state index contributed by atoms with van der Waals surface area (Å²) in [7, 11) is 6.37. The van der Waals surface area contributed by atoms with Crippen LogP contribution in [0.5, 0.6) is 23.0 Å². The lowest BCUT2D eigenvalue weighted by molar-refractivity contribution is -0.116. The van der Waals surface area contributed by atoms with Crippen LogP contribution in [0.2, 0.25) is 0 Å². The number of nitrogens with zero attached hydrogens (tertiary/aromatic N) is 1. The normalized spacial score (nSPS) is 18.9. The van der Waals surface area contributed by atoms with E-state index in [1.54, 1.807) is 28.4 Å². The summed E-state index contributed by atoms with van der Waals surface area (Å²) in [5.41, 5.74) is 4.97. The van der Waals surface area contributed by atoms with Gasteiger partial charge in [0.05, 0.1) is 45.6 Å². The van der Waals surface area contributed by atoms with Crippen molar-refractivity contribution in [2.24, 2.45) is 0 Å². The second-order valence-electron chi connectivity index (χ2n) is 8.69. The molecular formula is C27H28N2O6. The van der Waals surface area contributed by atoms with Gasteiger partial charge in [-0.25, -0.2) is 0 Å². The van der Waals surface area contributed by atoms with E-state index in [1.165, 1.54) is 0 Å². The van der Waals surface area contributed by atoms with Gasteiger partial charge in [0.25, 0.3) is 0 Å². The zero-order valence-electron chi connectivity index (χ0n) is 20.4. The number of aryl methyl sites for hydroxylation is 1. The molecule has 1 aliphatic carbocycles. The van der Waals surface area contributed by atoms with Crippen molar-refractivity contribution in [1.29, 1.82) is 0 Å². The molecule has 3 aromatic rings. The Morgan fingerprint density at radius 1 is 0.914 bits per heavy atom. The zero-order valence-corrected chi connectivity index (χ0v) is 20.4. The second-order valence-corrected chi connectivity index (χ2v) is 8.69. The van der Waals surface area contributed by atoms with Gasteiger partial charge in [-0.1, -0.05) is 23.4 Å². The second kappa shape index (κ2) is 9.02. The summed E-state index contributed by atoms with van der Waals surface area (Å²) in [6, 6.07) is 11.6. The highest BCUT2D eigenvalue weighted by Gasteiger charge is 2.42. The number of benzene rings is 2. The van der Waals surface area contributed by atoms with E-state index in [-0.39, 0.29) is 11.7 Å². The number of hydrogen-bond acceptors (Lipinski definition) is 8. The van der Waals surface area contributed by atoms with Gasteiger partial charge in [0.1, 0.15) is 5.75 Å². The van der Waals surface area contributed by atoms with E-state index in [2.05, 4.69) is 10.5 Å². The van der Waals surface area contributed by atoms with Crippen LogP contribution < -0.4 is 24.3 Å². The molecule has 0 bridgehead atoms. The average molecular weight is 477 g/mol. The van der Waals surface area contributed by atoms with Crippen LogP contribution in [0.1, 0.15) is 47.1 Å². The molecule has 0 radical (unpaired) electrons. The summed E-state index contributed by atoms with van der Waals surface area (Å²) >= 11 is 0. The van der Waals surface area contributed by atoms with Gasteiger partial charge in [0.2, 0.25) is 11.6 Å². The van der Waals surface area contributed by atoms with Crippen LogP contribution in [0.3, 0.4) is 0 Å². The van der Waals surface area contributed by atoms with Crippen molar-refractivity contribution in [3.63, 3.8) is 0 Å². The van der Waals surface area contributed by atoms with Crippen molar-refractivity contribution in [2.75, 3.05) is 33.8 Å². The third-order valence-electron chi connectivity index (χ3n) is 6.89. The first-order valence-electron chi connectivity index (χ1n) is 11.4. The van der Waals surface area contributed by atoms with Crippen LogP contribution in [0.4, 0.5) is 5.88 Å². The number of anilines is 1. The van der Waals surface area contributed by atoms with Crippen molar-refractivity contribution >= 4 is 11.7 Å². The molecule has 2 aliphatic rings. The van der Waals surface area contributed by atoms with Crippen molar-refractivity contribution in [1.82, 2.24) is 5.16 Å². The largest absolute Gasteiger partial charge is 0.497 e. The molecule has 182 valence electrons. The van der Waals surface area contributed by atoms with Crippen molar-refractivity contribution in [2.45, 2.75) is 31.6 Å². The average Bonchev–Trinajstić information content (AvgIpc) is 3.26. The molecule has 8 heteroatoms. The molecule has 8 nitrogen and oxygen atoms in total. The van der Waals surface area contributed by atoms with Crippen LogP contribution in [-0.2, 0) is 4.79 Å². The van der Waals surface area contributed by atoms with E-state index in [0.717, 1.165) is 28.1 Å². The van der Waals surface area contributed by atoms with E-state index in [9.17, 15) is 4.79 Å². The van der Waals surface area contributed by atoms with E-state index in [0.29, 0.717) is 47.2 Å². The number of allylic oxidation sites excluding steroid dienone is 2. The molecule has 0 unspecified atom stereocenters. The van der Waals surface area contributed by atoms with Crippen molar-refractivity contribution in [3.05, 3.63) is 70.1 Å². The number of hydrogen-bond donors (Lipinski definition) is 1. The minimum absolute atomic E-state index is 0.0400. The quantitative estimate of drug-likeness (QED) is 0.533. The number of carbonyl (C=O) groups excluding carboxylic acids is 1. The summed E-state index contributed by atoms with van der Waals surface area (Å²) < 4.78 is 27.8. The van der Waals surface area contributed by atoms with Gasteiger partial charge in [-0.15, -0.1) is 0 Å². The van der Waals surface area contributed by atoms with Crippen molar-refractivity contribution in [3.8, 4) is 23.0 Å². The Morgan fingerprint density at radius 2 is 1.66 bits per heavy atom. The Hall–Kier alpha value is -3.94. The molecule has 0 spiro atoms. The Kier molecular flexibility index (Phi) is 5.88. The maximum atomic E-state index is 13.8. The highest BCUT2D eigenvalue weighted by Crippen LogP contribution is 2.53. The Morgan fingerprint density at radius 3 is 2.31 bits per heavy atom. The number of ketones is 1. The number of nitrogens with one attached hydrogen (secondary N) is 1. The van der Waals surface area contributed by atoms with Gasteiger partial charge >= 0.3 is 0 Å². The van der Waals surface area contributed by atoms with E-state index in [1.807, 2.05) is 43.3 Å². The number of carbonyl (C=O) groups is 1. The van der Waals surface area contributed by atoms with Crippen molar-refractivity contribution < 1.29 is 28.3 Å².